The Morgan fingerprint density at radius 2 is 1.38 bits per heavy atom. The largest absolute Gasteiger partial charge is 0.379 e. The van der Waals surface area contributed by atoms with E-state index in [0.717, 1.165) is 32.7 Å². The smallest absolute Gasteiger partial charge is 0.0594 e. The SMILES string of the molecule is CCCC[C@@H](C[C@@H](c1ccccc1)N1CCOCC1)n1c2ccccc2c2ccccc21. The van der Waals surface area contributed by atoms with Gasteiger partial charge in [0.25, 0.3) is 0 Å². The molecule has 1 aliphatic rings. The molecule has 1 aliphatic heterocycles. The van der Waals surface area contributed by atoms with Gasteiger partial charge in [-0.05, 0) is 30.5 Å². The molecular formula is C29H34N2O. The highest BCUT2D eigenvalue weighted by Crippen LogP contribution is 2.39. The number of unbranched alkanes of at least 4 members (excludes halogenated alkanes) is 1. The standard InChI is InChI=1S/C29H34N2O/c1-2-3-13-24(22-29(23-11-5-4-6-12-23)30-18-20-32-21-19-30)31-27-16-9-7-14-25(27)26-15-8-10-17-28(26)31/h4-12,14-17,24,29H,2-3,13,18-22H2,1H3/t24-,29-/m0/s1. The molecule has 0 amide bonds. The third-order valence-electron chi connectivity index (χ3n) is 7.04. The van der Waals surface area contributed by atoms with Crippen LogP contribution in [0, 0.1) is 0 Å². The van der Waals surface area contributed by atoms with Gasteiger partial charge in [0.05, 0.1) is 13.2 Å². The van der Waals surface area contributed by atoms with Gasteiger partial charge in [-0.1, -0.05) is 86.5 Å². The summed E-state index contributed by atoms with van der Waals surface area (Å²) < 4.78 is 8.35. The molecule has 166 valence electrons. The van der Waals surface area contributed by atoms with Crippen LogP contribution in [0.2, 0.25) is 0 Å². The molecule has 1 aromatic heterocycles. The molecule has 3 nitrogen and oxygen atoms in total. The van der Waals surface area contributed by atoms with Crippen molar-refractivity contribution in [3.05, 3.63) is 84.4 Å². The molecule has 4 aromatic rings. The van der Waals surface area contributed by atoms with Gasteiger partial charge < -0.3 is 9.30 Å². The molecule has 5 rings (SSSR count). The van der Waals surface area contributed by atoms with E-state index in [2.05, 4.69) is 95.3 Å². The van der Waals surface area contributed by atoms with Gasteiger partial charge in [0.1, 0.15) is 0 Å². The van der Waals surface area contributed by atoms with Gasteiger partial charge in [0.15, 0.2) is 0 Å². The molecule has 0 N–H and O–H groups in total. The summed E-state index contributed by atoms with van der Waals surface area (Å²) >= 11 is 0. The zero-order chi connectivity index (χ0) is 21.8. The Hall–Kier alpha value is -2.62. The number of nitrogens with zero attached hydrogens (tertiary/aromatic N) is 2. The van der Waals surface area contributed by atoms with E-state index < -0.39 is 0 Å². The fraction of sp³-hybridized carbons (Fsp3) is 0.379. The maximum Gasteiger partial charge on any atom is 0.0594 e. The topological polar surface area (TPSA) is 17.4 Å². The zero-order valence-corrected chi connectivity index (χ0v) is 19.1. The van der Waals surface area contributed by atoms with Crippen molar-refractivity contribution < 1.29 is 4.74 Å². The number of ether oxygens (including phenoxy) is 1. The lowest BCUT2D eigenvalue weighted by Gasteiger charge is -2.37. The van der Waals surface area contributed by atoms with Crippen molar-refractivity contribution in [2.75, 3.05) is 26.3 Å². The van der Waals surface area contributed by atoms with Gasteiger partial charge in [-0.2, -0.15) is 0 Å². The monoisotopic (exact) mass is 426 g/mol. The molecule has 1 fully saturated rings. The second-order valence-corrected chi connectivity index (χ2v) is 9.01. The van der Waals surface area contributed by atoms with E-state index in [9.17, 15) is 0 Å². The van der Waals surface area contributed by atoms with Crippen molar-refractivity contribution in [1.82, 2.24) is 9.47 Å². The molecule has 0 saturated carbocycles. The van der Waals surface area contributed by atoms with Gasteiger partial charge in [0, 0.05) is 47.0 Å². The number of fused-ring (bicyclic) bond motifs is 3. The average Bonchev–Trinajstić information content (AvgIpc) is 3.20. The number of para-hydroxylation sites is 2. The zero-order valence-electron chi connectivity index (χ0n) is 19.1. The third kappa shape index (κ3) is 4.20. The van der Waals surface area contributed by atoms with Crippen LogP contribution in [-0.4, -0.2) is 35.8 Å². The van der Waals surface area contributed by atoms with Crippen molar-refractivity contribution in [1.29, 1.82) is 0 Å². The highest BCUT2D eigenvalue weighted by Gasteiger charge is 2.28. The first-order valence-electron chi connectivity index (χ1n) is 12.2. The minimum Gasteiger partial charge on any atom is -0.379 e. The van der Waals surface area contributed by atoms with Crippen LogP contribution in [0.15, 0.2) is 78.9 Å². The lowest BCUT2D eigenvalue weighted by atomic mass is 9.94. The predicted octanol–water partition coefficient (Wildman–Crippen LogP) is 6.99. The van der Waals surface area contributed by atoms with Crippen LogP contribution in [-0.2, 0) is 4.74 Å². The highest BCUT2D eigenvalue weighted by atomic mass is 16.5. The van der Waals surface area contributed by atoms with Crippen molar-refractivity contribution in [2.45, 2.75) is 44.7 Å². The molecular weight excluding hydrogens is 392 g/mol. The lowest BCUT2D eigenvalue weighted by molar-refractivity contribution is 0.0109. The molecule has 0 aliphatic carbocycles. The number of hydrogen-bond donors (Lipinski definition) is 0. The maximum absolute atomic E-state index is 5.70. The summed E-state index contributed by atoms with van der Waals surface area (Å²) in [5.74, 6) is 0. The molecule has 2 heterocycles. The molecule has 1 saturated heterocycles. The van der Waals surface area contributed by atoms with Gasteiger partial charge >= 0.3 is 0 Å². The van der Waals surface area contributed by atoms with Crippen LogP contribution in [0.1, 0.15) is 50.3 Å². The van der Waals surface area contributed by atoms with Gasteiger partial charge in [-0.15, -0.1) is 0 Å². The molecule has 0 bridgehead atoms. The number of aromatic nitrogens is 1. The summed E-state index contributed by atoms with van der Waals surface area (Å²) in [5.41, 5.74) is 4.16. The first kappa shape index (κ1) is 21.2. The van der Waals surface area contributed by atoms with E-state index in [1.807, 2.05) is 0 Å². The van der Waals surface area contributed by atoms with Crippen LogP contribution in [0.3, 0.4) is 0 Å². The van der Waals surface area contributed by atoms with E-state index in [0.29, 0.717) is 12.1 Å². The second kappa shape index (κ2) is 9.89. The maximum atomic E-state index is 5.70. The lowest BCUT2D eigenvalue weighted by Crippen LogP contribution is -2.40. The van der Waals surface area contributed by atoms with Crippen LogP contribution in [0.5, 0.6) is 0 Å². The van der Waals surface area contributed by atoms with E-state index in [4.69, 9.17) is 4.74 Å². The fourth-order valence-corrected chi connectivity index (χ4v) is 5.46. The van der Waals surface area contributed by atoms with Crippen LogP contribution in [0.25, 0.3) is 21.8 Å². The normalized spacial score (nSPS) is 17.0. The van der Waals surface area contributed by atoms with E-state index >= 15 is 0 Å². The minimum absolute atomic E-state index is 0.405. The Morgan fingerprint density at radius 1 is 0.781 bits per heavy atom. The van der Waals surface area contributed by atoms with Gasteiger partial charge in [-0.3, -0.25) is 4.90 Å². The summed E-state index contributed by atoms with van der Waals surface area (Å²) in [6.07, 6.45) is 4.79. The van der Waals surface area contributed by atoms with Crippen LogP contribution >= 0.6 is 0 Å². The predicted molar refractivity (Wildman–Crippen MR) is 134 cm³/mol. The minimum atomic E-state index is 0.405. The van der Waals surface area contributed by atoms with Crippen molar-refractivity contribution in [3.63, 3.8) is 0 Å². The first-order valence-corrected chi connectivity index (χ1v) is 12.2. The van der Waals surface area contributed by atoms with Crippen LogP contribution < -0.4 is 0 Å². The number of morpholine rings is 1. The first-order chi connectivity index (χ1) is 15.9. The Labute approximate surface area is 191 Å². The Kier molecular flexibility index (Phi) is 6.56. The fourth-order valence-electron chi connectivity index (χ4n) is 5.46. The number of benzene rings is 3. The second-order valence-electron chi connectivity index (χ2n) is 9.01. The number of hydrogen-bond acceptors (Lipinski definition) is 2. The van der Waals surface area contributed by atoms with E-state index in [1.54, 1.807) is 0 Å². The van der Waals surface area contributed by atoms with Crippen molar-refractivity contribution in [2.24, 2.45) is 0 Å². The molecule has 3 heteroatoms. The Bertz CT molecular complexity index is 1090. The van der Waals surface area contributed by atoms with Gasteiger partial charge in [-0.25, -0.2) is 0 Å². The molecule has 32 heavy (non-hydrogen) atoms. The summed E-state index contributed by atoms with van der Waals surface area (Å²) in [6.45, 7) is 5.98. The molecule has 0 radical (unpaired) electrons. The highest BCUT2D eigenvalue weighted by molar-refractivity contribution is 6.08. The quantitative estimate of drug-likeness (QED) is 0.302. The van der Waals surface area contributed by atoms with Crippen LogP contribution in [0.4, 0.5) is 0 Å². The Balaban J connectivity index is 1.60. The molecule has 0 unspecified atom stereocenters. The average molecular weight is 427 g/mol. The summed E-state index contributed by atoms with van der Waals surface area (Å²) in [6, 6.07) is 29.8. The number of rotatable bonds is 8. The third-order valence-corrected chi connectivity index (χ3v) is 7.04. The van der Waals surface area contributed by atoms with Crippen molar-refractivity contribution >= 4 is 21.8 Å². The van der Waals surface area contributed by atoms with E-state index in [-0.39, 0.29) is 0 Å². The van der Waals surface area contributed by atoms with Crippen molar-refractivity contribution in [3.8, 4) is 0 Å². The molecule has 0 spiro atoms. The summed E-state index contributed by atoms with van der Waals surface area (Å²) in [7, 11) is 0. The molecule has 2 atom stereocenters. The van der Waals surface area contributed by atoms with E-state index in [1.165, 1.54) is 46.6 Å². The summed E-state index contributed by atoms with van der Waals surface area (Å²) in [4.78, 5) is 2.64. The molecule has 3 aromatic carbocycles. The Morgan fingerprint density at radius 3 is 2.00 bits per heavy atom. The van der Waals surface area contributed by atoms with Gasteiger partial charge in [0.2, 0.25) is 0 Å². The summed E-state index contributed by atoms with van der Waals surface area (Å²) in [5, 5.41) is 2.74.